The number of aliphatic hydroxyl groups excluding tert-OH is 1. The van der Waals surface area contributed by atoms with E-state index in [1.165, 1.54) is 11.1 Å². The summed E-state index contributed by atoms with van der Waals surface area (Å²) in [6, 6.07) is 9.87. The van der Waals surface area contributed by atoms with Gasteiger partial charge in [-0.2, -0.15) is 0 Å². The highest BCUT2D eigenvalue weighted by molar-refractivity contribution is 5.21. The van der Waals surface area contributed by atoms with Crippen LogP contribution in [0.3, 0.4) is 0 Å². The van der Waals surface area contributed by atoms with E-state index in [0.717, 1.165) is 31.2 Å². The van der Waals surface area contributed by atoms with E-state index in [1.807, 2.05) is 36.4 Å². The zero-order valence-corrected chi connectivity index (χ0v) is 15.2. The summed E-state index contributed by atoms with van der Waals surface area (Å²) in [5.74, 6) is 0. The molecule has 0 spiro atoms. The summed E-state index contributed by atoms with van der Waals surface area (Å²) in [4.78, 5) is 0. The molecule has 0 saturated carbocycles. The summed E-state index contributed by atoms with van der Waals surface area (Å²) >= 11 is 0. The minimum Gasteiger partial charge on any atom is -0.388 e. The highest BCUT2D eigenvalue weighted by atomic mass is 16.3. The van der Waals surface area contributed by atoms with E-state index >= 15 is 0 Å². The number of hydrogen-bond donors (Lipinski definition) is 1. The average molecular weight is 312 g/mol. The molecule has 0 aliphatic carbocycles. The average Bonchev–Trinajstić information content (AvgIpc) is 2.54. The molecule has 23 heavy (non-hydrogen) atoms. The molecule has 0 aliphatic rings. The van der Waals surface area contributed by atoms with Crippen LogP contribution < -0.4 is 0 Å². The predicted octanol–water partition coefficient (Wildman–Crippen LogP) is 6.39. The fourth-order valence-electron chi connectivity index (χ4n) is 2.69. The summed E-state index contributed by atoms with van der Waals surface area (Å²) in [7, 11) is 0. The van der Waals surface area contributed by atoms with Crippen LogP contribution in [0.15, 0.2) is 66.3 Å². The van der Waals surface area contributed by atoms with Gasteiger partial charge >= 0.3 is 0 Å². The van der Waals surface area contributed by atoms with Crippen LogP contribution in [0.4, 0.5) is 0 Å². The maximum absolute atomic E-state index is 10.7. The van der Waals surface area contributed by atoms with Gasteiger partial charge in [0.2, 0.25) is 0 Å². The van der Waals surface area contributed by atoms with Gasteiger partial charge in [0.1, 0.15) is 0 Å². The zero-order chi connectivity index (χ0) is 17.3. The van der Waals surface area contributed by atoms with E-state index in [-0.39, 0.29) is 5.41 Å². The molecule has 1 nitrogen and oxygen atoms in total. The molecule has 0 aromatic heterocycles. The first-order valence-corrected chi connectivity index (χ1v) is 8.54. The van der Waals surface area contributed by atoms with E-state index in [1.54, 1.807) is 0 Å². The highest BCUT2D eigenvalue weighted by Gasteiger charge is 2.30. The van der Waals surface area contributed by atoms with Crippen LogP contribution >= 0.6 is 0 Å². The Kier molecular flexibility index (Phi) is 8.05. The predicted molar refractivity (Wildman–Crippen MR) is 101 cm³/mol. The summed E-state index contributed by atoms with van der Waals surface area (Å²) in [5.41, 5.74) is 3.45. The van der Waals surface area contributed by atoms with Gasteiger partial charge in [-0.25, -0.2) is 0 Å². The van der Waals surface area contributed by atoms with Crippen LogP contribution in [-0.4, -0.2) is 5.11 Å². The van der Waals surface area contributed by atoms with E-state index in [4.69, 9.17) is 0 Å². The van der Waals surface area contributed by atoms with Crippen molar-refractivity contribution in [3.63, 3.8) is 0 Å². The van der Waals surface area contributed by atoms with Crippen molar-refractivity contribution in [3.05, 3.63) is 71.8 Å². The zero-order valence-electron chi connectivity index (χ0n) is 15.2. The van der Waals surface area contributed by atoms with Crippen LogP contribution in [0.2, 0.25) is 0 Å². The third-order valence-electron chi connectivity index (χ3n) is 4.47. The Morgan fingerprint density at radius 2 is 1.78 bits per heavy atom. The van der Waals surface area contributed by atoms with E-state index in [9.17, 15) is 5.11 Å². The van der Waals surface area contributed by atoms with E-state index in [2.05, 4.69) is 46.4 Å². The molecule has 2 atom stereocenters. The molecule has 0 amide bonds. The van der Waals surface area contributed by atoms with Crippen molar-refractivity contribution < 1.29 is 5.11 Å². The minimum absolute atomic E-state index is 0.307. The lowest BCUT2D eigenvalue weighted by atomic mass is 9.77. The Morgan fingerprint density at radius 1 is 1.13 bits per heavy atom. The summed E-state index contributed by atoms with van der Waals surface area (Å²) in [6.07, 6.45) is 10.0. The van der Waals surface area contributed by atoms with Crippen LogP contribution in [0.5, 0.6) is 0 Å². The van der Waals surface area contributed by atoms with Gasteiger partial charge in [0.25, 0.3) is 0 Å². The number of allylic oxidation sites excluding steroid dienone is 4. The Balaban J connectivity index is 2.61. The number of hydrogen-bond acceptors (Lipinski definition) is 1. The highest BCUT2D eigenvalue weighted by Crippen LogP contribution is 2.39. The molecular formula is C22H32O. The van der Waals surface area contributed by atoms with Crippen molar-refractivity contribution in [2.75, 3.05) is 0 Å². The standard InChI is InChI=1S/C22H32O/c1-6-22(5,21(23)20-15-8-7-9-16-20)17-11-14-19(4)13-10-12-18(2)3/h6-9,12,14-16,21,23H,1,10-11,13,17H2,2-5H3/b19-14+/t21-,22-/m1/s1. The third-order valence-corrected chi connectivity index (χ3v) is 4.47. The molecule has 1 N–H and O–H groups in total. The van der Waals surface area contributed by atoms with Gasteiger partial charge in [0.15, 0.2) is 0 Å². The first-order chi connectivity index (χ1) is 10.9. The molecule has 0 unspecified atom stereocenters. The van der Waals surface area contributed by atoms with Gasteiger partial charge in [-0.3, -0.25) is 0 Å². The van der Waals surface area contributed by atoms with Gasteiger partial charge in [-0.15, -0.1) is 6.58 Å². The van der Waals surface area contributed by atoms with Crippen molar-refractivity contribution in [1.82, 2.24) is 0 Å². The smallest absolute Gasteiger partial charge is 0.0877 e. The number of rotatable bonds is 9. The Hall–Kier alpha value is -1.60. The molecule has 0 heterocycles. The van der Waals surface area contributed by atoms with Gasteiger partial charge in [0.05, 0.1) is 6.10 Å². The molecule has 0 aliphatic heterocycles. The maximum Gasteiger partial charge on any atom is 0.0877 e. The van der Waals surface area contributed by atoms with Crippen LogP contribution in [0.25, 0.3) is 0 Å². The third kappa shape index (κ3) is 6.58. The molecule has 1 aromatic rings. The maximum atomic E-state index is 10.7. The van der Waals surface area contributed by atoms with Crippen LogP contribution in [0, 0.1) is 5.41 Å². The molecule has 0 fully saturated rings. The molecular weight excluding hydrogens is 280 g/mol. The normalized spacial score (nSPS) is 15.6. The van der Waals surface area contributed by atoms with Gasteiger partial charge < -0.3 is 5.11 Å². The fourth-order valence-corrected chi connectivity index (χ4v) is 2.69. The van der Waals surface area contributed by atoms with Crippen molar-refractivity contribution in [3.8, 4) is 0 Å². The number of benzene rings is 1. The Bertz CT molecular complexity index is 534. The van der Waals surface area contributed by atoms with E-state index < -0.39 is 6.10 Å². The van der Waals surface area contributed by atoms with Gasteiger partial charge in [0, 0.05) is 5.41 Å². The molecule has 0 bridgehead atoms. The molecule has 1 rings (SSSR count). The van der Waals surface area contributed by atoms with Crippen molar-refractivity contribution in [2.24, 2.45) is 5.41 Å². The molecule has 0 radical (unpaired) electrons. The van der Waals surface area contributed by atoms with Crippen molar-refractivity contribution >= 4 is 0 Å². The van der Waals surface area contributed by atoms with Gasteiger partial charge in [-0.1, -0.05) is 66.6 Å². The van der Waals surface area contributed by atoms with Crippen molar-refractivity contribution in [2.45, 2.75) is 59.5 Å². The summed E-state index contributed by atoms with van der Waals surface area (Å²) in [5, 5.41) is 10.7. The molecule has 0 saturated heterocycles. The summed E-state index contributed by atoms with van der Waals surface area (Å²) < 4.78 is 0. The van der Waals surface area contributed by atoms with Crippen LogP contribution in [0.1, 0.15) is 65.0 Å². The largest absolute Gasteiger partial charge is 0.388 e. The topological polar surface area (TPSA) is 20.2 Å². The lowest BCUT2D eigenvalue weighted by Crippen LogP contribution is -2.23. The Morgan fingerprint density at radius 3 is 2.35 bits per heavy atom. The quantitative estimate of drug-likeness (QED) is 0.524. The van der Waals surface area contributed by atoms with Crippen LogP contribution in [-0.2, 0) is 0 Å². The second-order valence-corrected chi connectivity index (χ2v) is 6.93. The lowest BCUT2D eigenvalue weighted by molar-refractivity contribution is 0.0646. The minimum atomic E-state index is -0.513. The second-order valence-electron chi connectivity index (χ2n) is 6.93. The first kappa shape index (κ1) is 19.4. The van der Waals surface area contributed by atoms with Crippen molar-refractivity contribution in [1.29, 1.82) is 0 Å². The fraction of sp³-hybridized carbons (Fsp3) is 0.455. The monoisotopic (exact) mass is 312 g/mol. The molecule has 1 aromatic carbocycles. The lowest BCUT2D eigenvalue weighted by Gasteiger charge is -2.31. The van der Waals surface area contributed by atoms with E-state index in [0.29, 0.717) is 0 Å². The number of aliphatic hydroxyl groups is 1. The molecule has 126 valence electrons. The Labute approximate surface area is 142 Å². The first-order valence-electron chi connectivity index (χ1n) is 8.54. The SMILES string of the molecule is C=C[C@](C)(CC/C=C(\C)CCC=C(C)C)[C@H](O)c1ccccc1. The summed E-state index contributed by atoms with van der Waals surface area (Å²) in [6.45, 7) is 12.5. The second kappa shape index (κ2) is 9.52. The van der Waals surface area contributed by atoms with Gasteiger partial charge in [-0.05, 0) is 52.0 Å². The molecule has 1 heteroatoms.